The first kappa shape index (κ1) is 23.4. The summed E-state index contributed by atoms with van der Waals surface area (Å²) in [4.78, 5) is 24.6. The van der Waals surface area contributed by atoms with Gasteiger partial charge in [-0.15, -0.1) is 11.3 Å². The highest BCUT2D eigenvalue weighted by atomic mass is 32.1. The number of aryl methyl sites for hydroxylation is 1. The summed E-state index contributed by atoms with van der Waals surface area (Å²) < 4.78 is 95.5. The van der Waals surface area contributed by atoms with Crippen molar-refractivity contribution in [1.29, 1.82) is 0 Å². The molecule has 29 heavy (non-hydrogen) atoms. The zero-order valence-corrected chi connectivity index (χ0v) is 16.0. The maximum absolute atomic E-state index is 13.7. The van der Waals surface area contributed by atoms with Gasteiger partial charge in [0.15, 0.2) is 0 Å². The van der Waals surface area contributed by atoms with Crippen LogP contribution in [0.25, 0.3) is 0 Å². The Kier molecular flexibility index (Phi) is 6.86. The largest absolute Gasteiger partial charge is 0.462 e. The maximum atomic E-state index is 13.7. The third kappa shape index (κ3) is 4.51. The van der Waals surface area contributed by atoms with Crippen molar-refractivity contribution in [2.45, 2.75) is 63.5 Å². The van der Waals surface area contributed by atoms with Crippen LogP contribution in [0.15, 0.2) is 0 Å². The van der Waals surface area contributed by atoms with Gasteiger partial charge in [0, 0.05) is 4.88 Å². The number of ether oxygens (including phenoxy) is 1. The van der Waals surface area contributed by atoms with E-state index in [0.29, 0.717) is 47.5 Å². The molecule has 1 aromatic rings. The highest BCUT2D eigenvalue weighted by Crippen LogP contribution is 2.47. The molecule has 1 aliphatic rings. The number of rotatable bonds is 5. The molecule has 2 rings (SSSR count). The lowest BCUT2D eigenvalue weighted by atomic mass is 9.96. The molecule has 0 saturated heterocycles. The quantitative estimate of drug-likeness (QED) is 0.487. The third-order valence-corrected chi connectivity index (χ3v) is 5.62. The summed E-state index contributed by atoms with van der Waals surface area (Å²) in [6.07, 6.45) is -2.72. The lowest BCUT2D eigenvalue weighted by molar-refractivity contribution is -0.343. The minimum absolute atomic E-state index is 0.0842. The van der Waals surface area contributed by atoms with Gasteiger partial charge in [-0.05, 0) is 38.2 Å². The fourth-order valence-corrected chi connectivity index (χ4v) is 4.20. The first-order valence-electron chi connectivity index (χ1n) is 8.80. The number of fused-ring (bicyclic) bond motifs is 1. The molecule has 1 aromatic heterocycles. The number of alkyl halides is 7. The number of carbonyl (C=O) groups excluding carboxylic acids is 2. The molecule has 1 heterocycles. The molecule has 4 nitrogen and oxygen atoms in total. The van der Waals surface area contributed by atoms with Gasteiger partial charge in [0.2, 0.25) is 0 Å². The molecule has 0 aromatic carbocycles. The molecule has 0 bridgehead atoms. The Labute approximate surface area is 165 Å². The van der Waals surface area contributed by atoms with Gasteiger partial charge in [0.05, 0.1) is 12.2 Å². The van der Waals surface area contributed by atoms with Crippen LogP contribution in [-0.4, -0.2) is 36.5 Å². The van der Waals surface area contributed by atoms with Gasteiger partial charge in [-0.1, -0.05) is 12.8 Å². The Hall–Kier alpha value is -1.85. The van der Waals surface area contributed by atoms with Crippen molar-refractivity contribution in [3.8, 4) is 0 Å². The molecule has 0 spiro atoms. The predicted octanol–water partition coefficient (Wildman–Crippen LogP) is 5.36. The summed E-state index contributed by atoms with van der Waals surface area (Å²) in [5.74, 6) is -16.5. The molecule has 1 N–H and O–H groups in total. The van der Waals surface area contributed by atoms with Crippen LogP contribution in [0.4, 0.5) is 35.7 Å². The maximum Gasteiger partial charge on any atom is 0.460 e. The zero-order valence-electron chi connectivity index (χ0n) is 15.2. The second-order valence-electron chi connectivity index (χ2n) is 6.44. The number of halogens is 7. The molecular formula is C17H18F7NO3S. The van der Waals surface area contributed by atoms with Crippen LogP contribution in [0, 0.1) is 0 Å². The Morgan fingerprint density at radius 2 is 1.59 bits per heavy atom. The zero-order chi connectivity index (χ0) is 22.0. The molecule has 0 radical (unpaired) electrons. The molecule has 0 saturated carbocycles. The minimum Gasteiger partial charge on any atom is -0.462 e. The third-order valence-electron chi connectivity index (χ3n) is 4.41. The van der Waals surface area contributed by atoms with E-state index in [1.165, 1.54) is 12.2 Å². The van der Waals surface area contributed by atoms with E-state index in [4.69, 9.17) is 4.74 Å². The summed E-state index contributed by atoms with van der Waals surface area (Å²) in [6.45, 7) is 1.39. The molecule has 1 aliphatic carbocycles. The van der Waals surface area contributed by atoms with E-state index in [-0.39, 0.29) is 12.2 Å². The van der Waals surface area contributed by atoms with Crippen molar-refractivity contribution in [3.63, 3.8) is 0 Å². The van der Waals surface area contributed by atoms with E-state index in [1.54, 1.807) is 0 Å². The number of carbonyl (C=O) groups is 2. The highest BCUT2D eigenvalue weighted by Gasteiger charge is 2.76. The summed E-state index contributed by atoms with van der Waals surface area (Å²) in [7, 11) is 0. The van der Waals surface area contributed by atoms with Gasteiger partial charge in [-0.2, -0.15) is 30.7 Å². The van der Waals surface area contributed by atoms with Crippen LogP contribution in [0.1, 0.15) is 53.4 Å². The predicted molar refractivity (Wildman–Crippen MR) is 90.7 cm³/mol. The fraction of sp³-hybridized carbons (Fsp3) is 0.647. The molecule has 1 amide bonds. The summed E-state index contributed by atoms with van der Waals surface area (Å²) >= 11 is 0.709. The van der Waals surface area contributed by atoms with Crippen molar-refractivity contribution in [2.24, 2.45) is 0 Å². The first-order chi connectivity index (χ1) is 13.3. The van der Waals surface area contributed by atoms with E-state index in [0.717, 1.165) is 12.8 Å². The average molecular weight is 449 g/mol. The van der Waals surface area contributed by atoms with Gasteiger partial charge < -0.3 is 10.1 Å². The Bertz CT molecular complexity index is 774. The molecule has 164 valence electrons. The molecular weight excluding hydrogens is 431 g/mol. The normalized spacial score (nSPS) is 15.9. The fourth-order valence-electron chi connectivity index (χ4n) is 2.93. The monoisotopic (exact) mass is 449 g/mol. The van der Waals surface area contributed by atoms with E-state index < -0.39 is 34.9 Å². The number of amides is 1. The summed E-state index contributed by atoms with van der Waals surface area (Å²) in [6, 6.07) is 0. The van der Waals surface area contributed by atoms with Crippen LogP contribution in [0.2, 0.25) is 0 Å². The number of thiophene rings is 1. The summed E-state index contributed by atoms with van der Waals surface area (Å²) in [5, 5.41) is 0.899. The van der Waals surface area contributed by atoms with E-state index in [9.17, 15) is 40.3 Å². The van der Waals surface area contributed by atoms with Crippen LogP contribution in [-0.2, 0) is 22.4 Å². The Balaban J connectivity index is 2.44. The van der Waals surface area contributed by atoms with E-state index in [1.807, 2.05) is 0 Å². The van der Waals surface area contributed by atoms with Gasteiger partial charge >= 0.3 is 29.9 Å². The van der Waals surface area contributed by atoms with Crippen molar-refractivity contribution >= 4 is 28.2 Å². The molecule has 0 atom stereocenters. The topological polar surface area (TPSA) is 55.4 Å². The van der Waals surface area contributed by atoms with E-state index >= 15 is 0 Å². The van der Waals surface area contributed by atoms with Crippen LogP contribution >= 0.6 is 11.3 Å². The van der Waals surface area contributed by atoms with Crippen LogP contribution < -0.4 is 5.32 Å². The Morgan fingerprint density at radius 3 is 2.14 bits per heavy atom. The van der Waals surface area contributed by atoms with Crippen LogP contribution in [0.5, 0.6) is 0 Å². The lowest BCUT2D eigenvalue weighted by Gasteiger charge is -2.26. The number of hydrogen-bond donors (Lipinski definition) is 1. The highest BCUT2D eigenvalue weighted by molar-refractivity contribution is 7.17. The Morgan fingerprint density at radius 1 is 1.00 bits per heavy atom. The number of hydrogen-bond acceptors (Lipinski definition) is 4. The number of anilines is 1. The second-order valence-corrected chi connectivity index (χ2v) is 7.55. The molecule has 0 fully saturated rings. The molecule has 12 heteroatoms. The number of nitrogens with one attached hydrogen (secondary N) is 1. The molecule has 0 aliphatic heterocycles. The molecule has 0 unspecified atom stereocenters. The van der Waals surface area contributed by atoms with Crippen LogP contribution in [0.3, 0.4) is 0 Å². The second kappa shape index (κ2) is 8.49. The lowest BCUT2D eigenvalue weighted by Crippen LogP contribution is -2.57. The van der Waals surface area contributed by atoms with Gasteiger partial charge in [-0.3, -0.25) is 4.79 Å². The summed E-state index contributed by atoms with van der Waals surface area (Å²) in [5.41, 5.74) is 0.169. The SMILES string of the molecule is CCOC(=O)c1c(NC(=O)C(F)(F)C(F)(F)C(F)(F)F)sc2c1CCCCCC2. The standard InChI is InChI=1S/C17H18F7NO3S/c1-2-28-13(26)11-9-7-5-3-4-6-8-10(9)29-12(11)25-14(27)15(18,19)16(20,21)17(22,23)24/h2-8H2,1H3,(H,25,27). The van der Waals surface area contributed by atoms with Crippen molar-refractivity contribution in [1.82, 2.24) is 0 Å². The van der Waals surface area contributed by atoms with Crippen molar-refractivity contribution in [2.75, 3.05) is 11.9 Å². The van der Waals surface area contributed by atoms with Crippen molar-refractivity contribution < 1.29 is 45.1 Å². The van der Waals surface area contributed by atoms with E-state index in [2.05, 4.69) is 0 Å². The van der Waals surface area contributed by atoms with Gasteiger partial charge in [0.25, 0.3) is 0 Å². The van der Waals surface area contributed by atoms with Gasteiger partial charge in [-0.25, -0.2) is 4.79 Å². The minimum atomic E-state index is -6.64. The van der Waals surface area contributed by atoms with Gasteiger partial charge in [0.1, 0.15) is 5.00 Å². The smallest absolute Gasteiger partial charge is 0.460 e. The van der Waals surface area contributed by atoms with Crippen molar-refractivity contribution in [3.05, 3.63) is 16.0 Å². The first-order valence-corrected chi connectivity index (χ1v) is 9.61. The number of esters is 1. The average Bonchev–Trinajstić information content (AvgIpc) is 2.90.